The number of imidazole rings is 1. The Morgan fingerprint density at radius 2 is 0.741 bits per heavy atom. The molecule has 0 fully saturated rings. The highest BCUT2D eigenvalue weighted by atomic mass is 32.2. The van der Waals surface area contributed by atoms with Gasteiger partial charge in [-0.3, -0.25) is 91.1 Å². The van der Waals surface area contributed by atoms with Gasteiger partial charge in [0.1, 0.15) is 91.1 Å². The van der Waals surface area contributed by atoms with Crippen LogP contribution in [0.5, 0.6) is 0 Å². The number of aliphatic hydroxyl groups is 1. The Morgan fingerprint density at radius 1 is 0.397 bits per heavy atom. The van der Waals surface area contributed by atoms with Crippen molar-refractivity contribution in [2.24, 2.45) is 34.8 Å². The molecule has 1 aromatic heterocycles. The van der Waals surface area contributed by atoms with Crippen molar-refractivity contribution in [3.63, 3.8) is 0 Å². The molecule has 0 unspecified atom stereocenters. The number of aromatic amines is 1. The second kappa shape index (κ2) is 54.5. The number of nitrogens with one attached hydrogen (secondary N) is 18. The number of carboxylic acid groups (broad SMARTS) is 1. The zero-order valence-electron chi connectivity index (χ0n) is 67.8. The van der Waals surface area contributed by atoms with Crippen LogP contribution in [0.3, 0.4) is 0 Å². The highest BCUT2D eigenvalue weighted by Gasteiger charge is 2.38. The number of amides is 18. The minimum Gasteiger partial charge on any atom is -0.480 e. The number of carbonyl (C=O) groups is 19. The van der Waals surface area contributed by atoms with Gasteiger partial charge in [-0.2, -0.15) is 23.5 Å². The van der Waals surface area contributed by atoms with Gasteiger partial charge in [-0.25, -0.2) is 4.98 Å². The van der Waals surface area contributed by atoms with Crippen LogP contribution in [0, 0.1) is 11.8 Å². The maximum absolute atomic E-state index is 14.5. The molecule has 116 heavy (non-hydrogen) atoms. The lowest BCUT2D eigenvalue weighted by atomic mass is 9.99. The number of aliphatic carboxylic acids is 1. The van der Waals surface area contributed by atoms with Crippen molar-refractivity contribution in [2.75, 3.05) is 56.7 Å². The molecule has 0 spiro atoms. The Kier molecular flexibility index (Phi) is 48.7. The Morgan fingerprint density at radius 3 is 1.16 bits per heavy atom. The third-order valence-corrected chi connectivity index (χ3v) is 18.7. The number of H-pyrrole nitrogens is 1. The first-order valence-electron chi connectivity index (χ1n) is 37.8. The van der Waals surface area contributed by atoms with Crippen molar-refractivity contribution in [1.29, 1.82) is 0 Å². The molecule has 0 aliphatic carbocycles. The van der Waals surface area contributed by atoms with Crippen LogP contribution in [-0.4, -0.2) is 286 Å². The molecule has 16 atom stereocenters. The second-order valence-corrected chi connectivity index (χ2v) is 30.2. The molecule has 0 aliphatic heterocycles. The first-order chi connectivity index (χ1) is 54.4. The van der Waals surface area contributed by atoms with E-state index >= 15 is 0 Å². The molecular weight excluding hydrogens is 1560 g/mol. The summed E-state index contributed by atoms with van der Waals surface area (Å²) in [5, 5.41) is 60.7. The van der Waals surface area contributed by atoms with E-state index in [0.717, 1.165) is 0 Å². The van der Waals surface area contributed by atoms with E-state index in [4.69, 9.17) is 28.0 Å². The minimum absolute atomic E-state index is 0.0118. The minimum atomic E-state index is -1.75. The van der Waals surface area contributed by atoms with E-state index in [9.17, 15) is 96.2 Å². The average molecular weight is 1690 g/mol. The van der Waals surface area contributed by atoms with E-state index in [0.29, 0.717) is 31.5 Å². The van der Waals surface area contributed by atoms with Gasteiger partial charge in [-0.15, -0.1) is 0 Å². The van der Waals surface area contributed by atoms with E-state index < -0.39 is 247 Å². The van der Waals surface area contributed by atoms with Crippen LogP contribution < -0.4 is 113 Å². The van der Waals surface area contributed by atoms with E-state index in [1.165, 1.54) is 84.5 Å². The molecule has 1 rings (SSSR count). The van der Waals surface area contributed by atoms with Gasteiger partial charge >= 0.3 is 5.97 Å². The van der Waals surface area contributed by atoms with Crippen molar-refractivity contribution >= 4 is 136 Å². The summed E-state index contributed by atoms with van der Waals surface area (Å²) in [4.78, 5) is 258. The van der Waals surface area contributed by atoms with Crippen molar-refractivity contribution in [2.45, 2.75) is 237 Å². The molecule has 18 amide bonds. The quantitative estimate of drug-likeness (QED) is 0.0269. The largest absolute Gasteiger partial charge is 0.480 e. The fourth-order valence-electron chi connectivity index (χ4n) is 10.5. The molecule has 0 aromatic carbocycles. The lowest BCUT2D eigenvalue weighted by Gasteiger charge is -2.28. The van der Waals surface area contributed by atoms with Crippen LogP contribution in [0.25, 0.3) is 0 Å². The summed E-state index contributed by atoms with van der Waals surface area (Å²) in [6.45, 7) is 13.8. The van der Waals surface area contributed by atoms with Crippen LogP contribution >= 0.6 is 23.5 Å². The van der Waals surface area contributed by atoms with Crippen molar-refractivity contribution in [3.05, 3.63) is 18.2 Å². The summed E-state index contributed by atoms with van der Waals surface area (Å²) in [6.07, 6.45) is 5.32. The van der Waals surface area contributed by atoms with Gasteiger partial charge in [0.25, 0.3) is 0 Å². The predicted molar refractivity (Wildman–Crippen MR) is 425 cm³/mol. The number of nitrogens with zero attached hydrogens (tertiary/aromatic N) is 1. The number of nitrogens with two attached hydrogens (primary N) is 4. The summed E-state index contributed by atoms with van der Waals surface area (Å²) < 4.78 is 0. The molecule has 654 valence electrons. The number of thioether (sulfide) groups is 2. The van der Waals surface area contributed by atoms with E-state index in [-0.39, 0.29) is 56.6 Å². The third kappa shape index (κ3) is 39.8. The standard InChI is InChI=1S/C70H121N23O21S2/c1-33(2)53(68(112)78-31-52(98)99)92-69(113)54(34(3)4)91-61(105)38(8)81-51(97)30-76-56(100)35(5)82-59(103)39(9)84-60(104)40(10)83-58(102)37(7)80-50(96)29-77-57(101)36(6)85-63(107)45(20-24-115-12)87-66(110)47(26-42-28-75-32-79-42)89-64(108)44(19-15-17-23-72)86-65(109)46(21-25-116-13)88-67(111)48(27-49(74)95)90-70(114)55(41(11)94)93-62(106)43(73)18-14-16-22-71/h28,32-41,43-48,53-55,94H,14-27,29-31,71-73H2,1-13H3,(H2,74,95)(H,75,79)(H,76,100)(H,77,101)(H,78,112)(H,80,96)(H,81,97)(H,82,103)(H,83,102)(H,84,104)(H,85,107)(H,86,109)(H,87,110)(H,88,111)(H,89,108)(H,90,114)(H,91,105)(H,92,113)(H,93,106)(H,98,99)/t35-,36-,37-,38-,39-,40-,41+,43-,44-,45-,46-,47-,48-,53-,54-,55-/m0/s1. The Hall–Kier alpha value is -10.3. The Balaban J connectivity index is 3.05. The van der Waals surface area contributed by atoms with E-state index in [2.05, 4.69) is 100 Å². The number of unbranched alkanes of at least 4 members (excludes halogenated alkanes) is 2. The van der Waals surface area contributed by atoms with Crippen molar-refractivity contribution in [1.82, 2.24) is 100 Å². The third-order valence-electron chi connectivity index (χ3n) is 17.4. The zero-order chi connectivity index (χ0) is 88.2. The van der Waals surface area contributed by atoms with Gasteiger partial charge in [0.2, 0.25) is 106 Å². The van der Waals surface area contributed by atoms with E-state index in [1.54, 1.807) is 40.2 Å². The molecule has 28 N–H and O–H groups in total. The van der Waals surface area contributed by atoms with Crippen LogP contribution in [0.15, 0.2) is 12.5 Å². The molecule has 1 aromatic rings. The topological polar surface area (TPSA) is 702 Å². The highest BCUT2D eigenvalue weighted by Crippen LogP contribution is 2.13. The lowest BCUT2D eigenvalue weighted by Crippen LogP contribution is -2.61. The number of carbonyl (C=O) groups excluding carboxylic acids is 18. The number of hydrogen-bond acceptors (Lipinski definition) is 26. The van der Waals surface area contributed by atoms with E-state index in [1.807, 2.05) is 0 Å². The fourth-order valence-corrected chi connectivity index (χ4v) is 11.4. The molecule has 44 nitrogen and oxygen atoms in total. The van der Waals surface area contributed by atoms with Crippen molar-refractivity contribution in [3.8, 4) is 0 Å². The van der Waals surface area contributed by atoms with Gasteiger partial charge in [-0.1, -0.05) is 34.1 Å². The highest BCUT2D eigenvalue weighted by molar-refractivity contribution is 7.98. The van der Waals surface area contributed by atoms with Crippen LogP contribution in [0.4, 0.5) is 0 Å². The number of primary amides is 1. The molecule has 1 heterocycles. The van der Waals surface area contributed by atoms with Gasteiger partial charge in [0.15, 0.2) is 0 Å². The number of aliphatic hydroxyl groups excluding tert-OH is 1. The smallest absolute Gasteiger partial charge is 0.322 e. The predicted octanol–water partition coefficient (Wildman–Crippen LogP) is -9.05. The normalized spacial score (nSPS) is 15.2. The first-order valence-corrected chi connectivity index (χ1v) is 40.6. The molecular formula is C70H121N23O21S2. The Labute approximate surface area is 681 Å². The van der Waals surface area contributed by atoms with Gasteiger partial charge in [-0.05, 0) is 142 Å². The maximum Gasteiger partial charge on any atom is 0.322 e. The molecule has 46 heteroatoms. The summed E-state index contributed by atoms with van der Waals surface area (Å²) in [5.74, 6) is -17.7. The first kappa shape index (κ1) is 104. The number of aromatic nitrogens is 2. The average Bonchev–Trinajstić information content (AvgIpc) is 0.991. The molecule has 0 saturated heterocycles. The Bertz CT molecular complexity index is 3490. The van der Waals surface area contributed by atoms with Crippen LogP contribution in [0.2, 0.25) is 0 Å². The molecule has 0 bridgehead atoms. The maximum atomic E-state index is 14.5. The van der Waals surface area contributed by atoms with Crippen LogP contribution in [0.1, 0.15) is 140 Å². The number of carboxylic acids is 1. The summed E-state index contributed by atoms with van der Waals surface area (Å²) >= 11 is 2.60. The molecule has 0 aliphatic rings. The number of rotatable bonds is 56. The van der Waals surface area contributed by atoms with Crippen LogP contribution in [-0.2, 0) is 97.5 Å². The second-order valence-electron chi connectivity index (χ2n) is 28.2. The fraction of sp³-hybridized carbons (Fsp3) is 0.686. The monoisotopic (exact) mass is 1680 g/mol. The summed E-state index contributed by atoms with van der Waals surface area (Å²) in [5.41, 5.74) is 23.1. The summed E-state index contributed by atoms with van der Waals surface area (Å²) in [7, 11) is 0. The summed E-state index contributed by atoms with van der Waals surface area (Å²) in [6, 6.07) is -20.3. The van der Waals surface area contributed by atoms with Crippen molar-refractivity contribution < 1.29 is 101 Å². The SMILES string of the molecule is CSCC[C@H](NC(=O)[C@H](Cc1cnc[nH]1)NC(=O)[C@H](CCCCN)NC(=O)[C@H](CCSC)NC(=O)[C@H](CC(N)=O)NC(=O)[C@@H](NC(=O)[C@@H](N)CCCCN)[C@@H](C)O)C(=O)N[C@@H](C)C(=O)NCC(=O)N[C@@H](C)C(=O)N[C@@H](C)C(=O)N[C@@H](C)C(=O)N[C@@H](C)C(=O)NCC(=O)N[C@@H](C)C(=O)N[C@H](C(=O)N[C@H](C(=O)NCC(=O)O)C(C)C)C(C)C. The molecule has 0 radical (unpaired) electrons. The lowest BCUT2D eigenvalue weighted by molar-refractivity contribution is -0.139. The molecule has 0 saturated carbocycles. The van der Waals surface area contributed by atoms with Gasteiger partial charge in [0.05, 0.1) is 38.0 Å². The number of hydrogen-bond donors (Lipinski definition) is 24. The van der Waals surface area contributed by atoms with Gasteiger partial charge < -0.3 is 129 Å². The van der Waals surface area contributed by atoms with Gasteiger partial charge in [0, 0.05) is 18.3 Å². The zero-order valence-corrected chi connectivity index (χ0v) is 69.4.